The quantitative estimate of drug-likeness (QED) is 0.361. The van der Waals surface area contributed by atoms with Crippen molar-refractivity contribution < 1.29 is 14.6 Å². The zero-order valence-electron chi connectivity index (χ0n) is 10.2. The second kappa shape index (κ2) is 10.1. The number of carbonyl (C=O) groups excluding carboxylic acids is 1. The van der Waals surface area contributed by atoms with Gasteiger partial charge in [0.15, 0.2) is 5.92 Å². The molecule has 0 aliphatic rings. The maximum absolute atomic E-state index is 11.1. The van der Waals surface area contributed by atoms with Gasteiger partial charge in [0.25, 0.3) is 0 Å². The number of nitriles is 2. The first kappa shape index (κ1) is 15.9. The molecule has 7 heteroatoms. The summed E-state index contributed by atoms with van der Waals surface area (Å²) in [5.74, 6) is -1.23. The number of rotatable bonds is 7. The van der Waals surface area contributed by atoms with E-state index in [1.807, 2.05) is 0 Å². The van der Waals surface area contributed by atoms with Gasteiger partial charge in [0, 0.05) is 6.54 Å². The fourth-order valence-electron chi connectivity index (χ4n) is 1.10. The van der Waals surface area contributed by atoms with Gasteiger partial charge in [0.1, 0.15) is 5.84 Å². The largest absolute Gasteiger partial charge is 0.466 e. The Labute approximate surface area is 106 Å². The van der Waals surface area contributed by atoms with Crippen LogP contribution >= 0.6 is 0 Å². The van der Waals surface area contributed by atoms with Crippen molar-refractivity contribution in [2.24, 2.45) is 10.9 Å². The van der Waals surface area contributed by atoms with Crippen LogP contribution in [-0.4, -0.2) is 43.2 Å². The highest BCUT2D eigenvalue weighted by atomic mass is 16.5. The summed E-state index contributed by atoms with van der Waals surface area (Å²) >= 11 is 0. The molecule has 0 aliphatic heterocycles. The highest BCUT2D eigenvalue weighted by molar-refractivity contribution is 5.89. The lowest BCUT2D eigenvalue weighted by Crippen LogP contribution is -2.32. The molecular formula is C11H16N4O3. The first-order valence-electron chi connectivity index (χ1n) is 5.53. The molecule has 98 valence electrons. The molecule has 0 saturated heterocycles. The van der Waals surface area contributed by atoms with Gasteiger partial charge >= 0.3 is 5.97 Å². The maximum atomic E-state index is 11.1. The zero-order valence-corrected chi connectivity index (χ0v) is 10.2. The second-order valence-electron chi connectivity index (χ2n) is 3.16. The summed E-state index contributed by atoms with van der Waals surface area (Å²) < 4.78 is 4.73. The van der Waals surface area contributed by atoms with E-state index >= 15 is 0 Å². The number of hydrogen-bond donors (Lipinski definition) is 2. The minimum atomic E-state index is -1.03. The molecule has 0 spiro atoms. The number of aliphatic imine (C=N–C) groups is 1. The number of nitrogens with one attached hydrogen (secondary N) is 1. The molecule has 2 N–H and O–H groups in total. The van der Waals surface area contributed by atoms with Crippen molar-refractivity contribution in [3.63, 3.8) is 0 Å². The van der Waals surface area contributed by atoms with Gasteiger partial charge in [0.2, 0.25) is 0 Å². The summed E-state index contributed by atoms with van der Waals surface area (Å²) in [6.07, 6.45) is 0.121. The smallest absolute Gasteiger partial charge is 0.307 e. The van der Waals surface area contributed by atoms with E-state index < -0.39 is 5.92 Å². The summed E-state index contributed by atoms with van der Waals surface area (Å²) in [7, 11) is 0. The van der Waals surface area contributed by atoms with Crippen LogP contribution in [0.1, 0.15) is 13.3 Å². The Bertz CT molecular complexity index is 353. The minimum absolute atomic E-state index is 0.0988. The normalized spacial score (nSPS) is 10.6. The van der Waals surface area contributed by atoms with Crippen molar-refractivity contribution in [1.29, 1.82) is 10.5 Å². The van der Waals surface area contributed by atoms with Crippen molar-refractivity contribution in [1.82, 2.24) is 5.32 Å². The van der Waals surface area contributed by atoms with Gasteiger partial charge in [-0.15, -0.1) is 0 Å². The van der Waals surface area contributed by atoms with E-state index in [4.69, 9.17) is 20.4 Å². The van der Waals surface area contributed by atoms with Crippen LogP contribution in [0.15, 0.2) is 4.99 Å². The van der Waals surface area contributed by atoms with Crippen LogP contribution in [0.25, 0.3) is 0 Å². The molecule has 0 atom stereocenters. The summed E-state index contributed by atoms with van der Waals surface area (Å²) in [6, 6.07) is 3.54. The Morgan fingerprint density at radius 2 is 2.17 bits per heavy atom. The van der Waals surface area contributed by atoms with E-state index in [-0.39, 0.29) is 37.9 Å². The highest BCUT2D eigenvalue weighted by Gasteiger charge is 2.14. The van der Waals surface area contributed by atoms with Gasteiger partial charge in [-0.05, 0) is 6.92 Å². The molecule has 18 heavy (non-hydrogen) atoms. The van der Waals surface area contributed by atoms with Crippen molar-refractivity contribution in [3.05, 3.63) is 0 Å². The molecular weight excluding hydrogens is 236 g/mol. The van der Waals surface area contributed by atoms with Gasteiger partial charge < -0.3 is 15.2 Å². The highest BCUT2D eigenvalue weighted by Crippen LogP contribution is 1.96. The van der Waals surface area contributed by atoms with Gasteiger partial charge in [-0.1, -0.05) is 0 Å². The van der Waals surface area contributed by atoms with E-state index in [1.165, 1.54) is 0 Å². The lowest BCUT2D eigenvalue weighted by molar-refractivity contribution is -0.142. The van der Waals surface area contributed by atoms with Crippen LogP contribution in [0.4, 0.5) is 0 Å². The predicted octanol–water partition coefficient (Wildman–Crippen LogP) is -0.417. The fraction of sp³-hybridized carbons (Fsp3) is 0.636. The molecule has 0 aromatic heterocycles. The zero-order chi connectivity index (χ0) is 13.8. The van der Waals surface area contributed by atoms with Gasteiger partial charge in [0.05, 0.1) is 38.3 Å². The van der Waals surface area contributed by atoms with E-state index in [0.717, 1.165) is 0 Å². The molecule has 0 rings (SSSR count). The summed E-state index contributed by atoms with van der Waals surface area (Å²) in [5.41, 5.74) is 0. The SMILES string of the molecule is CCOC(=O)CCNC(=NCCO)C(C#N)C#N. The van der Waals surface area contributed by atoms with Crippen LogP contribution in [0.3, 0.4) is 0 Å². The summed E-state index contributed by atoms with van der Waals surface area (Å²) in [6.45, 7) is 2.17. The van der Waals surface area contributed by atoms with Crippen LogP contribution in [0.5, 0.6) is 0 Å². The number of hydrogen-bond acceptors (Lipinski definition) is 6. The predicted molar refractivity (Wildman–Crippen MR) is 63.4 cm³/mol. The average Bonchev–Trinajstić information content (AvgIpc) is 2.36. The Morgan fingerprint density at radius 1 is 1.50 bits per heavy atom. The molecule has 0 bridgehead atoms. The van der Waals surface area contributed by atoms with Crippen LogP contribution in [-0.2, 0) is 9.53 Å². The summed E-state index contributed by atoms with van der Waals surface area (Å²) in [5, 5.41) is 28.9. The topological polar surface area (TPSA) is 118 Å². The molecule has 7 nitrogen and oxygen atoms in total. The Kier molecular flexibility index (Phi) is 8.88. The lowest BCUT2D eigenvalue weighted by Gasteiger charge is -2.09. The van der Waals surface area contributed by atoms with Crippen molar-refractivity contribution in [2.75, 3.05) is 26.3 Å². The van der Waals surface area contributed by atoms with Crippen molar-refractivity contribution in [3.8, 4) is 12.1 Å². The average molecular weight is 252 g/mol. The Morgan fingerprint density at radius 3 is 2.67 bits per heavy atom. The van der Waals surface area contributed by atoms with E-state index in [2.05, 4.69) is 10.3 Å². The number of amidine groups is 1. The molecule has 0 radical (unpaired) electrons. The van der Waals surface area contributed by atoms with E-state index in [1.54, 1.807) is 19.1 Å². The fourth-order valence-corrected chi connectivity index (χ4v) is 1.10. The molecule has 0 unspecified atom stereocenters. The van der Waals surface area contributed by atoms with Crippen molar-refractivity contribution >= 4 is 11.8 Å². The number of aliphatic hydroxyl groups is 1. The van der Waals surface area contributed by atoms with Gasteiger partial charge in [-0.25, -0.2) is 0 Å². The molecule has 0 heterocycles. The number of esters is 1. The summed E-state index contributed by atoms with van der Waals surface area (Å²) in [4.78, 5) is 15.0. The van der Waals surface area contributed by atoms with Crippen molar-refractivity contribution in [2.45, 2.75) is 13.3 Å². The van der Waals surface area contributed by atoms with Gasteiger partial charge in [-0.3, -0.25) is 9.79 Å². The molecule has 0 aromatic rings. The Balaban J connectivity index is 4.32. The molecule has 0 amide bonds. The maximum Gasteiger partial charge on any atom is 0.307 e. The van der Waals surface area contributed by atoms with E-state index in [0.29, 0.717) is 6.61 Å². The number of carbonyl (C=O) groups is 1. The molecule has 0 aliphatic carbocycles. The third-order valence-corrected chi connectivity index (χ3v) is 1.85. The minimum Gasteiger partial charge on any atom is -0.466 e. The number of nitrogens with zero attached hydrogens (tertiary/aromatic N) is 3. The second-order valence-corrected chi connectivity index (χ2v) is 3.16. The van der Waals surface area contributed by atoms with Crippen LogP contribution < -0.4 is 5.32 Å². The number of aliphatic hydroxyl groups excluding tert-OH is 1. The van der Waals surface area contributed by atoms with Crippen LogP contribution in [0, 0.1) is 28.6 Å². The van der Waals surface area contributed by atoms with Crippen LogP contribution in [0.2, 0.25) is 0 Å². The van der Waals surface area contributed by atoms with Gasteiger partial charge in [-0.2, -0.15) is 10.5 Å². The number of ether oxygens (including phenoxy) is 1. The first-order chi connectivity index (χ1) is 8.69. The Hall–Kier alpha value is -2.12. The molecule has 0 saturated carbocycles. The third kappa shape index (κ3) is 6.46. The third-order valence-electron chi connectivity index (χ3n) is 1.85. The molecule has 0 fully saturated rings. The monoisotopic (exact) mass is 252 g/mol. The lowest BCUT2D eigenvalue weighted by atomic mass is 10.1. The standard InChI is InChI=1S/C11H16N4O3/c1-2-18-10(17)3-4-14-11(15-5-6-16)9(7-12)8-13/h9,16H,2-6H2,1H3,(H,14,15). The first-order valence-corrected chi connectivity index (χ1v) is 5.53. The van der Waals surface area contributed by atoms with E-state index in [9.17, 15) is 4.79 Å². The molecule has 0 aromatic carbocycles.